The number of halogens is 1. The van der Waals surface area contributed by atoms with Crippen LogP contribution in [0.4, 0.5) is 0 Å². The molecule has 23 heavy (non-hydrogen) atoms. The van der Waals surface area contributed by atoms with Crippen molar-refractivity contribution in [3.8, 4) is 0 Å². The Hall–Kier alpha value is -0.850. The highest BCUT2D eigenvalue weighted by Crippen LogP contribution is 2.58. The summed E-state index contributed by atoms with van der Waals surface area (Å²) in [5.74, 6) is -0.0331. The number of hydrogen-bond donors (Lipinski definition) is 2. The molecule has 3 rings (SSSR count). The molecular formula is C16H27ClN2O4. The Balaban J connectivity index is 0.00000192. The van der Waals surface area contributed by atoms with Crippen molar-refractivity contribution in [1.29, 1.82) is 0 Å². The molecule has 1 saturated carbocycles. The van der Waals surface area contributed by atoms with E-state index < -0.39 is 5.54 Å². The second kappa shape index (κ2) is 7.36. The molecule has 2 aliphatic heterocycles. The molecule has 1 atom stereocenters. The smallest absolute Gasteiger partial charge is 0.307 e. The molecule has 0 aromatic carbocycles. The van der Waals surface area contributed by atoms with E-state index in [1.54, 1.807) is 0 Å². The first kappa shape index (κ1) is 18.5. The minimum Gasteiger partial charge on any atom is -0.469 e. The zero-order chi connectivity index (χ0) is 15.6. The van der Waals surface area contributed by atoms with E-state index in [1.165, 1.54) is 7.11 Å². The van der Waals surface area contributed by atoms with Crippen LogP contribution in [0.2, 0.25) is 0 Å². The van der Waals surface area contributed by atoms with Crippen molar-refractivity contribution in [1.82, 2.24) is 10.6 Å². The van der Waals surface area contributed by atoms with Gasteiger partial charge in [-0.3, -0.25) is 9.59 Å². The largest absolute Gasteiger partial charge is 0.469 e. The van der Waals surface area contributed by atoms with Crippen LogP contribution in [0.25, 0.3) is 0 Å². The van der Waals surface area contributed by atoms with E-state index in [0.29, 0.717) is 26.1 Å². The van der Waals surface area contributed by atoms with Crippen LogP contribution < -0.4 is 10.6 Å². The van der Waals surface area contributed by atoms with E-state index in [2.05, 4.69) is 10.6 Å². The number of carbonyl (C=O) groups excluding carboxylic acids is 2. The van der Waals surface area contributed by atoms with Gasteiger partial charge in [-0.2, -0.15) is 0 Å². The fourth-order valence-electron chi connectivity index (χ4n) is 4.00. The van der Waals surface area contributed by atoms with E-state index >= 15 is 0 Å². The number of amides is 1. The summed E-state index contributed by atoms with van der Waals surface area (Å²) in [4.78, 5) is 24.4. The molecule has 0 aromatic rings. The first-order valence-corrected chi connectivity index (χ1v) is 8.27. The zero-order valence-corrected chi connectivity index (χ0v) is 14.5. The number of nitrogens with one attached hydrogen (secondary N) is 2. The van der Waals surface area contributed by atoms with Crippen LogP contribution in [0.1, 0.15) is 38.5 Å². The van der Waals surface area contributed by atoms with Gasteiger partial charge in [-0.15, -0.1) is 12.4 Å². The summed E-state index contributed by atoms with van der Waals surface area (Å²) in [7, 11) is 1.39. The van der Waals surface area contributed by atoms with E-state index in [1.807, 2.05) is 0 Å². The summed E-state index contributed by atoms with van der Waals surface area (Å²) in [6.45, 7) is 3.17. The lowest BCUT2D eigenvalue weighted by Gasteiger charge is -2.37. The molecule has 3 fully saturated rings. The number of hydrogen-bond acceptors (Lipinski definition) is 5. The Kier molecular flexibility index (Phi) is 5.92. The highest BCUT2D eigenvalue weighted by molar-refractivity contribution is 5.85. The van der Waals surface area contributed by atoms with Gasteiger partial charge in [0.15, 0.2) is 0 Å². The Bertz CT molecular complexity index is 445. The van der Waals surface area contributed by atoms with Crippen LogP contribution in [0.5, 0.6) is 0 Å². The first-order valence-electron chi connectivity index (χ1n) is 8.27. The van der Waals surface area contributed by atoms with Gasteiger partial charge < -0.3 is 20.1 Å². The second-order valence-corrected chi connectivity index (χ2v) is 7.00. The minimum atomic E-state index is -0.487. The number of esters is 1. The minimum absolute atomic E-state index is 0. The second-order valence-electron chi connectivity index (χ2n) is 7.00. The molecule has 3 aliphatic rings. The maximum Gasteiger partial charge on any atom is 0.307 e. The van der Waals surface area contributed by atoms with Crippen LogP contribution >= 0.6 is 12.4 Å². The van der Waals surface area contributed by atoms with Crippen molar-refractivity contribution in [3.05, 3.63) is 0 Å². The molecule has 2 saturated heterocycles. The number of rotatable bonds is 4. The van der Waals surface area contributed by atoms with Gasteiger partial charge in [0.2, 0.25) is 5.91 Å². The van der Waals surface area contributed by atoms with Crippen LogP contribution in [-0.2, 0) is 19.1 Å². The summed E-state index contributed by atoms with van der Waals surface area (Å²) >= 11 is 0. The lowest BCUT2D eigenvalue weighted by molar-refractivity contribution is -0.144. The fraction of sp³-hybridized carbons (Fsp3) is 0.875. The molecule has 1 unspecified atom stereocenters. The third-order valence-electron chi connectivity index (χ3n) is 5.65. The van der Waals surface area contributed by atoms with Gasteiger partial charge in [0.1, 0.15) is 0 Å². The molecule has 7 heteroatoms. The lowest BCUT2D eigenvalue weighted by Crippen LogP contribution is -2.54. The Morgan fingerprint density at radius 1 is 1.22 bits per heavy atom. The van der Waals surface area contributed by atoms with Crippen molar-refractivity contribution in [2.24, 2.45) is 11.3 Å². The van der Waals surface area contributed by atoms with Gasteiger partial charge in [-0.05, 0) is 50.6 Å². The van der Waals surface area contributed by atoms with Crippen molar-refractivity contribution in [2.75, 3.05) is 33.4 Å². The Morgan fingerprint density at radius 3 is 2.48 bits per heavy atom. The van der Waals surface area contributed by atoms with Gasteiger partial charge in [-0.25, -0.2) is 0 Å². The highest BCUT2D eigenvalue weighted by atomic mass is 35.5. The number of ether oxygens (including phenoxy) is 2. The third-order valence-corrected chi connectivity index (χ3v) is 5.65. The summed E-state index contributed by atoms with van der Waals surface area (Å²) < 4.78 is 10.2. The van der Waals surface area contributed by atoms with Gasteiger partial charge in [0.25, 0.3) is 0 Å². The molecule has 1 amide bonds. The van der Waals surface area contributed by atoms with Gasteiger partial charge in [0, 0.05) is 19.1 Å². The standard InChI is InChI=1S/C16H26N2O4.ClH/c1-21-13(19)11-16(4-8-22-9-5-16)18-14(20)12-10-15(12)2-6-17-7-3-15;/h12,17H,2-11H2,1H3,(H,18,20);1H. The lowest BCUT2D eigenvalue weighted by atomic mass is 9.85. The molecular weight excluding hydrogens is 320 g/mol. The summed E-state index contributed by atoms with van der Waals surface area (Å²) in [5, 5.41) is 6.54. The quantitative estimate of drug-likeness (QED) is 0.743. The molecule has 0 radical (unpaired) electrons. The van der Waals surface area contributed by atoms with E-state index in [0.717, 1.165) is 32.4 Å². The van der Waals surface area contributed by atoms with E-state index in [9.17, 15) is 9.59 Å². The summed E-state index contributed by atoms with van der Waals surface area (Å²) in [6, 6.07) is 0. The summed E-state index contributed by atoms with van der Waals surface area (Å²) in [6.07, 6.45) is 4.74. The maximum atomic E-state index is 12.7. The Labute approximate surface area is 143 Å². The predicted molar refractivity (Wildman–Crippen MR) is 87.5 cm³/mol. The molecule has 132 valence electrons. The molecule has 6 nitrogen and oxygen atoms in total. The van der Waals surface area contributed by atoms with Gasteiger partial charge in [0.05, 0.1) is 19.1 Å². The first-order chi connectivity index (χ1) is 10.6. The molecule has 2 N–H and O–H groups in total. The average molecular weight is 347 g/mol. The van der Waals surface area contributed by atoms with Crippen LogP contribution in [0, 0.1) is 11.3 Å². The summed E-state index contributed by atoms with van der Waals surface area (Å²) in [5.41, 5.74) is -0.272. The van der Waals surface area contributed by atoms with Crippen molar-refractivity contribution >= 4 is 24.3 Å². The number of carbonyl (C=O) groups is 2. The van der Waals surface area contributed by atoms with Crippen LogP contribution in [0.15, 0.2) is 0 Å². The SMILES string of the molecule is COC(=O)CC1(NC(=O)C2CC23CCNCC3)CCOCC1.Cl. The van der Waals surface area contributed by atoms with E-state index in [4.69, 9.17) is 9.47 Å². The topological polar surface area (TPSA) is 76.7 Å². The number of methoxy groups -OCH3 is 1. The van der Waals surface area contributed by atoms with Gasteiger partial charge >= 0.3 is 5.97 Å². The monoisotopic (exact) mass is 346 g/mol. The predicted octanol–water partition coefficient (Wildman–Crippen LogP) is 1.03. The third kappa shape index (κ3) is 3.98. The van der Waals surface area contributed by atoms with Gasteiger partial charge in [-0.1, -0.05) is 0 Å². The van der Waals surface area contributed by atoms with Crippen molar-refractivity contribution in [2.45, 2.75) is 44.1 Å². The Morgan fingerprint density at radius 2 is 1.87 bits per heavy atom. The molecule has 1 aliphatic carbocycles. The highest BCUT2D eigenvalue weighted by Gasteiger charge is 2.58. The fourth-order valence-corrected chi connectivity index (χ4v) is 4.00. The normalized spacial score (nSPS) is 27.6. The van der Waals surface area contributed by atoms with Crippen molar-refractivity contribution in [3.63, 3.8) is 0 Å². The van der Waals surface area contributed by atoms with Crippen molar-refractivity contribution < 1.29 is 19.1 Å². The molecule has 0 aromatic heterocycles. The van der Waals surface area contributed by atoms with E-state index in [-0.39, 0.29) is 42.0 Å². The maximum absolute atomic E-state index is 12.7. The zero-order valence-electron chi connectivity index (χ0n) is 13.7. The molecule has 2 heterocycles. The molecule has 1 spiro atoms. The van der Waals surface area contributed by atoms with Crippen LogP contribution in [0.3, 0.4) is 0 Å². The molecule has 0 bridgehead atoms. The van der Waals surface area contributed by atoms with Crippen LogP contribution in [-0.4, -0.2) is 50.8 Å². The average Bonchev–Trinajstić information content (AvgIpc) is 3.22. The number of piperidine rings is 1.